The van der Waals surface area contributed by atoms with Crippen LogP contribution in [0.4, 0.5) is 11.5 Å². The monoisotopic (exact) mass is 504 g/mol. The molecule has 0 bridgehead atoms. The highest BCUT2D eigenvalue weighted by molar-refractivity contribution is 14.1. The molecule has 0 radical (unpaired) electrons. The van der Waals surface area contributed by atoms with Crippen LogP contribution in [0.2, 0.25) is 0 Å². The van der Waals surface area contributed by atoms with E-state index >= 15 is 0 Å². The predicted octanol–water partition coefficient (Wildman–Crippen LogP) is 6.63. The molecule has 0 saturated heterocycles. The van der Waals surface area contributed by atoms with E-state index < -0.39 is 0 Å². The van der Waals surface area contributed by atoms with Crippen LogP contribution in [0, 0.1) is 10.5 Å². The van der Waals surface area contributed by atoms with Crippen molar-refractivity contribution in [2.45, 2.75) is 6.92 Å². The highest BCUT2D eigenvalue weighted by atomic mass is 127. The number of nitrogens with one attached hydrogen (secondary N) is 1. The number of pyridine rings is 1. The van der Waals surface area contributed by atoms with Crippen molar-refractivity contribution in [2.75, 3.05) is 5.32 Å². The summed E-state index contributed by atoms with van der Waals surface area (Å²) in [6.45, 7) is 2.03. The Labute approximate surface area is 187 Å². The Morgan fingerprint density at radius 3 is 2.73 bits per heavy atom. The third-order valence-electron chi connectivity index (χ3n) is 4.90. The van der Waals surface area contributed by atoms with Gasteiger partial charge in [-0.15, -0.1) is 0 Å². The van der Waals surface area contributed by atoms with Crippen LogP contribution in [0.1, 0.15) is 5.56 Å². The van der Waals surface area contributed by atoms with E-state index in [1.54, 1.807) is 12.5 Å². The molecular weight excluding hydrogens is 487 g/mol. The number of nitrogens with zero attached hydrogens (tertiary/aromatic N) is 3. The standard InChI is InChI=1S/C24H17IN4O/c1-15-11-18(29-24-19-12-17(25)5-7-21(19)27-14-28-24)6-8-22(15)30-23-4-2-3-16-9-10-26-13-20(16)23/h2-14H,1H3,(H,27,28,29). The van der Waals surface area contributed by atoms with Gasteiger partial charge in [0.25, 0.3) is 0 Å². The van der Waals surface area contributed by atoms with Gasteiger partial charge in [-0.1, -0.05) is 12.1 Å². The Morgan fingerprint density at radius 2 is 1.83 bits per heavy atom. The number of halogens is 1. The molecule has 6 heteroatoms. The fourth-order valence-corrected chi connectivity index (χ4v) is 3.89. The van der Waals surface area contributed by atoms with Gasteiger partial charge in [-0.05, 0) is 89.0 Å². The van der Waals surface area contributed by atoms with Gasteiger partial charge in [-0.3, -0.25) is 4.98 Å². The summed E-state index contributed by atoms with van der Waals surface area (Å²) in [4.78, 5) is 13.0. The van der Waals surface area contributed by atoms with Crippen molar-refractivity contribution in [1.29, 1.82) is 0 Å². The Balaban J connectivity index is 1.45. The fourth-order valence-electron chi connectivity index (χ4n) is 3.40. The van der Waals surface area contributed by atoms with Gasteiger partial charge in [0, 0.05) is 32.4 Å². The first kappa shape index (κ1) is 18.7. The zero-order valence-corrected chi connectivity index (χ0v) is 18.3. The van der Waals surface area contributed by atoms with Crippen LogP contribution in [0.25, 0.3) is 21.7 Å². The molecule has 2 aromatic heterocycles. The molecule has 0 fully saturated rings. The smallest absolute Gasteiger partial charge is 0.141 e. The largest absolute Gasteiger partial charge is 0.456 e. The predicted molar refractivity (Wildman–Crippen MR) is 129 cm³/mol. The molecule has 0 aliphatic rings. The van der Waals surface area contributed by atoms with Crippen molar-refractivity contribution < 1.29 is 4.74 Å². The van der Waals surface area contributed by atoms with Gasteiger partial charge in [0.1, 0.15) is 23.6 Å². The molecule has 5 aromatic rings. The first-order valence-corrected chi connectivity index (χ1v) is 10.5. The first-order chi connectivity index (χ1) is 14.7. The molecule has 2 heterocycles. The lowest BCUT2D eigenvalue weighted by molar-refractivity contribution is 0.484. The number of rotatable bonds is 4. The number of fused-ring (bicyclic) bond motifs is 2. The Kier molecular flexibility index (Phi) is 4.92. The molecule has 0 aliphatic heterocycles. The molecule has 0 aliphatic carbocycles. The second-order valence-electron chi connectivity index (χ2n) is 6.94. The molecule has 3 aromatic carbocycles. The van der Waals surface area contributed by atoms with Crippen LogP contribution in [0.3, 0.4) is 0 Å². The molecular formula is C24H17IN4O. The van der Waals surface area contributed by atoms with E-state index in [1.165, 1.54) is 0 Å². The SMILES string of the molecule is Cc1cc(Nc2ncnc3ccc(I)cc23)ccc1Oc1cccc2ccncc12. The number of aryl methyl sites for hydroxylation is 1. The maximum atomic E-state index is 6.22. The van der Waals surface area contributed by atoms with Gasteiger partial charge < -0.3 is 10.1 Å². The molecule has 0 atom stereocenters. The van der Waals surface area contributed by atoms with Crippen LogP contribution in [-0.2, 0) is 0 Å². The van der Waals surface area contributed by atoms with E-state index in [0.29, 0.717) is 0 Å². The number of aromatic nitrogens is 3. The summed E-state index contributed by atoms with van der Waals surface area (Å²) in [5, 5.41) is 6.50. The summed E-state index contributed by atoms with van der Waals surface area (Å²) in [6.07, 6.45) is 5.20. The highest BCUT2D eigenvalue weighted by Crippen LogP contribution is 2.33. The van der Waals surface area contributed by atoms with Gasteiger partial charge in [-0.2, -0.15) is 0 Å². The van der Waals surface area contributed by atoms with Crippen molar-refractivity contribution in [2.24, 2.45) is 0 Å². The molecule has 146 valence electrons. The van der Waals surface area contributed by atoms with Crippen LogP contribution in [0.15, 0.2) is 79.4 Å². The highest BCUT2D eigenvalue weighted by Gasteiger charge is 2.09. The number of benzene rings is 3. The maximum absolute atomic E-state index is 6.22. The zero-order valence-electron chi connectivity index (χ0n) is 16.1. The van der Waals surface area contributed by atoms with Gasteiger partial charge in [-0.25, -0.2) is 9.97 Å². The summed E-state index contributed by atoms with van der Waals surface area (Å²) in [5.41, 5.74) is 2.88. The summed E-state index contributed by atoms with van der Waals surface area (Å²) >= 11 is 2.30. The van der Waals surface area contributed by atoms with E-state index in [-0.39, 0.29) is 0 Å². The molecule has 0 unspecified atom stereocenters. The minimum Gasteiger partial charge on any atom is -0.456 e. The summed E-state index contributed by atoms with van der Waals surface area (Å²) in [7, 11) is 0. The fraction of sp³-hybridized carbons (Fsp3) is 0.0417. The van der Waals surface area contributed by atoms with E-state index in [4.69, 9.17) is 4.74 Å². The average Bonchev–Trinajstić information content (AvgIpc) is 2.76. The number of anilines is 2. The molecule has 5 nitrogen and oxygen atoms in total. The van der Waals surface area contributed by atoms with E-state index in [2.05, 4.69) is 61.1 Å². The minimum absolute atomic E-state index is 0.784. The molecule has 0 saturated carbocycles. The zero-order chi connectivity index (χ0) is 20.5. The molecule has 0 spiro atoms. The molecule has 30 heavy (non-hydrogen) atoms. The maximum Gasteiger partial charge on any atom is 0.141 e. The second-order valence-corrected chi connectivity index (χ2v) is 8.19. The van der Waals surface area contributed by atoms with Crippen LogP contribution >= 0.6 is 22.6 Å². The van der Waals surface area contributed by atoms with Gasteiger partial charge >= 0.3 is 0 Å². The van der Waals surface area contributed by atoms with Gasteiger partial charge in [0.2, 0.25) is 0 Å². The lowest BCUT2D eigenvalue weighted by atomic mass is 10.1. The normalized spacial score (nSPS) is 11.0. The van der Waals surface area contributed by atoms with Gasteiger partial charge in [0.05, 0.1) is 5.52 Å². The van der Waals surface area contributed by atoms with Crippen molar-refractivity contribution in [1.82, 2.24) is 15.0 Å². The molecule has 1 N–H and O–H groups in total. The quantitative estimate of drug-likeness (QED) is 0.279. The van der Waals surface area contributed by atoms with Crippen LogP contribution in [0.5, 0.6) is 11.5 Å². The first-order valence-electron chi connectivity index (χ1n) is 9.46. The number of hydrogen-bond acceptors (Lipinski definition) is 5. The third-order valence-corrected chi connectivity index (χ3v) is 5.57. The minimum atomic E-state index is 0.784. The van der Waals surface area contributed by atoms with Crippen molar-refractivity contribution >= 4 is 55.8 Å². The Morgan fingerprint density at radius 1 is 0.900 bits per heavy atom. The topological polar surface area (TPSA) is 59.9 Å². The van der Waals surface area contributed by atoms with Crippen molar-refractivity contribution in [3.05, 3.63) is 88.5 Å². The summed E-state index contributed by atoms with van der Waals surface area (Å²) in [5.74, 6) is 2.38. The lowest BCUT2D eigenvalue weighted by Gasteiger charge is -2.13. The van der Waals surface area contributed by atoms with Crippen LogP contribution < -0.4 is 10.1 Å². The van der Waals surface area contributed by atoms with Gasteiger partial charge in [0.15, 0.2) is 0 Å². The van der Waals surface area contributed by atoms with Crippen molar-refractivity contribution in [3.8, 4) is 11.5 Å². The number of hydrogen-bond donors (Lipinski definition) is 1. The summed E-state index contributed by atoms with van der Waals surface area (Å²) < 4.78 is 7.36. The van der Waals surface area contributed by atoms with E-state index in [9.17, 15) is 0 Å². The molecule has 0 amide bonds. The second kappa shape index (κ2) is 7.87. The Bertz CT molecular complexity index is 1380. The van der Waals surface area contributed by atoms with E-state index in [1.807, 2.05) is 55.6 Å². The number of ether oxygens (including phenoxy) is 1. The van der Waals surface area contributed by atoms with Crippen LogP contribution in [-0.4, -0.2) is 15.0 Å². The Hall–Kier alpha value is -3.26. The summed E-state index contributed by atoms with van der Waals surface area (Å²) in [6, 6.07) is 20.1. The average molecular weight is 504 g/mol. The van der Waals surface area contributed by atoms with E-state index in [0.717, 1.165) is 53.8 Å². The lowest BCUT2D eigenvalue weighted by Crippen LogP contribution is -1.97. The van der Waals surface area contributed by atoms with Crippen molar-refractivity contribution in [3.63, 3.8) is 0 Å². The molecule has 5 rings (SSSR count). The third kappa shape index (κ3) is 3.66.